The monoisotopic (exact) mass is 404 g/mol. The lowest BCUT2D eigenvalue weighted by atomic mass is 10.1. The summed E-state index contributed by atoms with van der Waals surface area (Å²) in [5.41, 5.74) is 3.00. The first-order valence-electron chi connectivity index (χ1n) is 7.73. The van der Waals surface area contributed by atoms with Gasteiger partial charge in [-0.3, -0.25) is 9.69 Å². The van der Waals surface area contributed by atoms with Crippen molar-refractivity contribution in [3.63, 3.8) is 0 Å². The predicted octanol–water partition coefficient (Wildman–Crippen LogP) is 3.46. The van der Waals surface area contributed by atoms with Gasteiger partial charge in [0.1, 0.15) is 5.75 Å². The summed E-state index contributed by atoms with van der Waals surface area (Å²) >= 11 is 3.27. The van der Waals surface area contributed by atoms with E-state index in [9.17, 15) is 14.7 Å². The summed E-state index contributed by atoms with van der Waals surface area (Å²) in [7, 11) is 1.35. The molecule has 0 unspecified atom stereocenters. The topological polar surface area (TPSA) is 78.9 Å². The van der Waals surface area contributed by atoms with E-state index in [0.29, 0.717) is 24.2 Å². The Morgan fingerprint density at radius 1 is 1.28 bits per heavy atom. The molecule has 1 aliphatic heterocycles. The summed E-state index contributed by atoms with van der Waals surface area (Å²) in [6.07, 6.45) is 0.396. The second-order valence-electron chi connectivity index (χ2n) is 5.71. The molecule has 7 heteroatoms. The summed E-state index contributed by atoms with van der Waals surface area (Å²) in [6.45, 7) is 0.562. The third-order valence-corrected chi connectivity index (χ3v) is 4.55. The Kier molecular flexibility index (Phi) is 4.94. The van der Waals surface area contributed by atoms with E-state index < -0.39 is 0 Å². The molecule has 2 amide bonds. The summed E-state index contributed by atoms with van der Waals surface area (Å²) in [5.74, 6) is -0.146. The van der Waals surface area contributed by atoms with Crippen molar-refractivity contribution in [2.24, 2.45) is 0 Å². The Labute approximate surface area is 153 Å². The van der Waals surface area contributed by atoms with E-state index >= 15 is 0 Å². The van der Waals surface area contributed by atoms with Crippen LogP contribution in [0.5, 0.6) is 5.75 Å². The zero-order chi connectivity index (χ0) is 18.0. The Morgan fingerprint density at radius 2 is 2.08 bits per heavy atom. The molecule has 2 aromatic carbocycles. The molecule has 1 heterocycles. The maximum atomic E-state index is 12.2. The van der Waals surface area contributed by atoms with Crippen LogP contribution in [0, 0.1) is 0 Å². The molecule has 0 fully saturated rings. The number of phenolic OH excluding ortho intramolecular Hbond substituents is 1. The molecule has 0 bridgehead atoms. The number of hydrogen-bond donors (Lipinski definition) is 2. The smallest absolute Gasteiger partial charge is 0.414 e. The molecular weight excluding hydrogens is 388 g/mol. The van der Waals surface area contributed by atoms with Crippen molar-refractivity contribution in [1.29, 1.82) is 0 Å². The van der Waals surface area contributed by atoms with E-state index in [0.717, 1.165) is 15.7 Å². The van der Waals surface area contributed by atoms with Gasteiger partial charge in [-0.15, -0.1) is 0 Å². The standard InChI is InChI=1S/C18H17BrN2O4/c1-25-18(24)21-7-6-11-8-14(4-5-15(11)21)20-17(23)9-12-2-3-13(19)10-16(12)22/h2-5,8,10,22H,6-7,9H2,1H3,(H,20,23). The van der Waals surface area contributed by atoms with Crippen molar-refractivity contribution in [2.45, 2.75) is 12.8 Å². The van der Waals surface area contributed by atoms with Crippen LogP contribution in [0.4, 0.5) is 16.2 Å². The summed E-state index contributed by atoms with van der Waals surface area (Å²) in [4.78, 5) is 25.5. The van der Waals surface area contributed by atoms with Gasteiger partial charge in [0.05, 0.1) is 19.2 Å². The number of halogens is 1. The van der Waals surface area contributed by atoms with Gasteiger partial charge in [0, 0.05) is 22.3 Å². The lowest BCUT2D eigenvalue weighted by Crippen LogP contribution is -2.28. The van der Waals surface area contributed by atoms with Crippen molar-refractivity contribution in [3.05, 3.63) is 52.0 Å². The molecule has 130 valence electrons. The van der Waals surface area contributed by atoms with Crippen LogP contribution in [0.1, 0.15) is 11.1 Å². The zero-order valence-corrected chi connectivity index (χ0v) is 15.2. The number of benzene rings is 2. The highest BCUT2D eigenvalue weighted by atomic mass is 79.9. The molecule has 6 nitrogen and oxygen atoms in total. The van der Waals surface area contributed by atoms with Crippen molar-refractivity contribution in [1.82, 2.24) is 0 Å². The number of nitrogens with zero attached hydrogens (tertiary/aromatic N) is 1. The number of nitrogens with one attached hydrogen (secondary N) is 1. The predicted molar refractivity (Wildman–Crippen MR) is 98.0 cm³/mol. The van der Waals surface area contributed by atoms with Gasteiger partial charge in [-0.1, -0.05) is 22.0 Å². The number of rotatable bonds is 3. The molecule has 2 aromatic rings. The maximum absolute atomic E-state index is 12.2. The fourth-order valence-corrected chi connectivity index (χ4v) is 3.19. The Bertz CT molecular complexity index is 838. The van der Waals surface area contributed by atoms with Crippen molar-refractivity contribution in [3.8, 4) is 5.75 Å². The van der Waals surface area contributed by atoms with Crippen molar-refractivity contribution in [2.75, 3.05) is 23.9 Å². The van der Waals surface area contributed by atoms with Gasteiger partial charge in [0.15, 0.2) is 0 Å². The number of carbonyl (C=O) groups is 2. The van der Waals surface area contributed by atoms with E-state index in [-0.39, 0.29) is 24.2 Å². The Balaban J connectivity index is 1.69. The number of methoxy groups -OCH3 is 1. The second kappa shape index (κ2) is 7.14. The molecule has 2 N–H and O–H groups in total. The number of aromatic hydroxyl groups is 1. The molecule has 0 aromatic heterocycles. The molecular formula is C18H17BrN2O4. The van der Waals surface area contributed by atoms with E-state index in [1.54, 1.807) is 35.2 Å². The number of anilines is 2. The first kappa shape index (κ1) is 17.3. The molecule has 1 aliphatic rings. The van der Waals surface area contributed by atoms with Crippen LogP contribution in [-0.2, 0) is 22.4 Å². The van der Waals surface area contributed by atoms with Crippen LogP contribution in [0.2, 0.25) is 0 Å². The van der Waals surface area contributed by atoms with Crippen molar-refractivity contribution < 1.29 is 19.4 Å². The molecule has 0 aliphatic carbocycles. The quantitative estimate of drug-likeness (QED) is 0.820. The van der Waals surface area contributed by atoms with Crippen LogP contribution in [0.3, 0.4) is 0 Å². The second-order valence-corrected chi connectivity index (χ2v) is 6.63. The van der Waals surface area contributed by atoms with Gasteiger partial charge in [0.25, 0.3) is 0 Å². The average molecular weight is 405 g/mol. The fourth-order valence-electron chi connectivity index (χ4n) is 2.84. The van der Waals surface area contributed by atoms with Crippen LogP contribution in [-0.4, -0.2) is 30.8 Å². The molecule has 0 atom stereocenters. The van der Waals surface area contributed by atoms with Gasteiger partial charge in [-0.05, 0) is 42.3 Å². The maximum Gasteiger partial charge on any atom is 0.414 e. The molecule has 0 radical (unpaired) electrons. The Hall–Kier alpha value is -2.54. The highest BCUT2D eigenvalue weighted by Gasteiger charge is 2.25. The minimum absolute atomic E-state index is 0.0739. The molecule has 0 spiro atoms. The summed E-state index contributed by atoms with van der Waals surface area (Å²) in [6, 6.07) is 10.4. The van der Waals surface area contributed by atoms with Gasteiger partial charge in [-0.2, -0.15) is 0 Å². The minimum Gasteiger partial charge on any atom is -0.508 e. The lowest BCUT2D eigenvalue weighted by molar-refractivity contribution is -0.115. The first-order valence-corrected chi connectivity index (χ1v) is 8.53. The first-order chi connectivity index (χ1) is 12.0. The van der Waals surface area contributed by atoms with Crippen LogP contribution in [0.15, 0.2) is 40.9 Å². The average Bonchev–Trinajstić information content (AvgIpc) is 3.00. The highest BCUT2D eigenvalue weighted by Crippen LogP contribution is 2.31. The minimum atomic E-state index is -0.388. The Morgan fingerprint density at radius 3 is 2.80 bits per heavy atom. The number of carbonyl (C=O) groups excluding carboxylic acids is 2. The summed E-state index contributed by atoms with van der Waals surface area (Å²) in [5, 5.41) is 12.7. The van der Waals surface area contributed by atoms with E-state index in [1.807, 2.05) is 6.07 Å². The normalized spacial score (nSPS) is 12.6. The van der Waals surface area contributed by atoms with Crippen LogP contribution < -0.4 is 10.2 Å². The van der Waals surface area contributed by atoms with Crippen LogP contribution >= 0.6 is 15.9 Å². The van der Waals surface area contributed by atoms with Crippen LogP contribution in [0.25, 0.3) is 0 Å². The van der Waals surface area contributed by atoms with E-state index in [4.69, 9.17) is 4.74 Å². The summed E-state index contributed by atoms with van der Waals surface area (Å²) < 4.78 is 5.51. The fraction of sp³-hybridized carbons (Fsp3) is 0.222. The van der Waals surface area contributed by atoms with E-state index in [2.05, 4.69) is 21.2 Å². The van der Waals surface area contributed by atoms with Gasteiger partial charge in [-0.25, -0.2) is 4.79 Å². The largest absolute Gasteiger partial charge is 0.508 e. The molecule has 25 heavy (non-hydrogen) atoms. The third-order valence-electron chi connectivity index (χ3n) is 4.05. The third kappa shape index (κ3) is 3.76. The lowest BCUT2D eigenvalue weighted by Gasteiger charge is -2.15. The number of amides is 2. The zero-order valence-electron chi connectivity index (χ0n) is 13.6. The van der Waals surface area contributed by atoms with Gasteiger partial charge >= 0.3 is 6.09 Å². The van der Waals surface area contributed by atoms with Gasteiger partial charge < -0.3 is 15.2 Å². The molecule has 0 saturated carbocycles. The SMILES string of the molecule is COC(=O)N1CCc2cc(NC(=O)Cc3ccc(Br)cc3O)ccc21. The van der Waals surface area contributed by atoms with Gasteiger partial charge in [0.2, 0.25) is 5.91 Å². The number of ether oxygens (including phenoxy) is 1. The van der Waals surface area contributed by atoms with Crippen molar-refractivity contribution >= 4 is 39.3 Å². The van der Waals surface area contributed by atoms with E-state index in [1.165, 1.54) is 7.11 Å². The molecule has 0 saturated heterocycles. The number of hydrogen-bond acceptors (Lipinski definition) is 4. The molecule has 3 rings (SSSR count). The highest BCUT2D eigenvalue weighted by molar-refractivity contribution is 9.10. The number of fused-ring (bicyclic) bond motifs is 1. The number of phenols is 1.